The maximum absolute atomic E-state index is 12.3. The molecule has 128 valence electrons. The first-order chi connectivity index (χ1) is 10.9. The highest BCUT2D eigenvalue weighted by molar-refractivity contribution is 7.99. The van der Waals surface area contributed by atoms with E-state index >= 15 is 0 Å². The second-order valence-electron chi connectivity index (χ2n) is 5.84. The lowest BCUT2D eigenvalue weighted by Gasteiger charge is -2.32. The Hall–Kier alpha value is -1.05. The predicted molar refractivity (Wildman–Crippen MR) is 94.1 cm³/mol. The van der Waals surface area contributed by atoms with Crippen molar-refractivity contribution in [2.45, 2.75) is 37.1 Å². The number of hydrogen-bond acceptors (Lipinski definition) is 4. The van der Waals surface area contributed by atoms with E-state index in [-0.39, 0.29) is 5.91 Å². The van der Waals surface area contributed by atoms with Gasteiger partial charge in [0.1, 0.15) is 6.04 Å². The molecule has 1 aromatic carbocycles. The maximum Gasteiger partial charge on any atom is 0.238 e. The zero-order valence-corrected chi connectivity index (χ0v) is 15.3. The smallest absolute Gasteiger partial charge is 0.238 e. The molecule has 0 radical (unpaired) electrons. The molecule has 5 nitrogen and oxygen atoms in total. The van der Waals surface area contributed by atoms with Crippen LogP contribution in [0.15, 0.2) is 29.2 Å². The summed E-state index contributed by atoms with van der Waals surface area (Å²) in [7, 11) is -3.33. The number of benzene rings is 1. The lowest BCUT2D eigenvalue weighted by molar-refractivity contribution is -0.125. The summed E-state index contributed by atoms with van der Waals surface area (Å²) in [5.41, 5.74) is 1.22. The summed E-state index contributed by atoms with van der Waals surface area (Å²) >= 11 is 1.68. The highest BCUT2D eigenvalue weighted by Crippen LogP contribution is 2.20. The van der Waals surface area contributed by atoms with Gasteiger partial charge < -0.3 is 5.32 Å². The van der Waals surface area contributed by atoms with Crippen LogP contribution in [0.1, 0.15) is 24.8 Å². The number of thioether (sulfide) groups is 1. The van der Waals surface area contributed by atoms with Crippen molar-refractivity contribution in [3.8, 4) is 0 Å². The highest BCUT2D eigenvalue weighted by atomic mass is 32.2. The lowest BCUT2D eigenvalue weighted by Crippen LogP contribution is -2.51. The number of piperidine rings is 1. The average molecular weight is 357 g/mol. The molecule has 1 aromatic rings. The van der Waals surface area contributed by atoms with Crippen LogP contribution in [0.5, 0.6) is 0 Å². The van der Waals surface area contributed by atoms with Crippen molar-refractivity contribution in [3.05, 3.63) is 29.8 Å². The Morgan fingerprint density at radius 2 is 2.00 bits per heavy atom. The quantitative estimate of drug-likeness (QED) is 0.625. The van der Waals surface area contributed by atoms with Crippen LogP contribution in [0, 0.1) is 6.92 Å². The monoisotopic (exact) mass is 356 g/mol. The van der Waals surface area contributed by atoms with Crippen molar-refractivity contribution < 1.29 is 13.2 Å². The summed E-state index contributed by atoms with van der Waals surface area (Å²) in [4.78, 5) is 13.5. The predicted octanol–water partition coefficient (Wildman–Crippen LogP) is 2.02. The first kappa shape index (κ1) is 18.3. The molecule has 0 saturated carbocycles. The van der Waals surface area contributed by atoms with Crippen LogP contribution in [0.3, 0.4) is 0 Å². The lowest BCUT2D eigenvalue weighted by atomic mass is 10.0. The van der Waals surface area contributed by atoms with Crippen LogP contribution in [-0.2, 0) is 14.8 Å². The molecule has 0 bridgehead atoms. The van der Waals surface area contributed by atoms with Crippen molar-refractivity contribution in [1.82, 2.24) is 9.62 Å². The minimum Gasteiger partial charge on any atom is -0.354 e. The van der Waals surface area contributed by atoms with Crippen LogP contribution in [-0.4, -0.2) is 49.8 Å². The largest absolute Gasteiger partial charge is 0.354 e. The second-order valence-corrected chi connectivity index (χ2v) is 8.94. The number of amides is 1. The van der Waals surface area contributed by atoms with E-state index in [0.717, 1.165) is 18.6 Å². The van der Waals surface area contributed by atoms with Gasteiger partial charge in [-0.3, -0.25) is 4.79 Å². The SMILES string of the molecule is Cc1ccc(SCCNC(=O)C2CCCCN2S(C)(=O)=O)cc1. The van der Waals surface area contributed by atoms with Crippen LogP contribution < -0.4 is 5.32 Å². The number of nitrogens with zero attached hydrogens (tertiary/aromatic N) is 1. The summed E-state index contributed by atoms with van der Waals surface area (Å²) < 4.78 is 24.9. The highest BCUT2D eigenvalue weighted by Gasteiger charge is 2.34. The van der Waals surface area contributed by atoms with Gasteiger partial charge in [0.25, 0.3) is 0 Å². The molecule has 1 unspecified atom stereocenters. The molecule has 0 aliphatic carbocycles. The van der Waals surface area contributed by atoms with E-state index in [1.54, 1.807) is 11.8 Å². The van der Waals surface area contributed by atoms with E-state index in [9.17, 15) is 13.2 Å². The fraction of sp³-hybridized carbons (Fsp3) is 0.562. The Bertz CT molecular complexity index is 629. The normalized spacial score (nSPS) is 19.5. The molecule has 1 aliphatic heterocycles. The summed E-state index contributed by atoms with van der Waals surface area (Å²) in [6.45, 7) is 3.02. The van der Waals surface area contributed by atoms with Crippen molar-refractivity contribution in [2.24, 2.45) is 0 Å². The van der Waals surface area contributed by atoms with Gasteiger partial charge >= 0.3 is 0 Å². The van der Waals surface area contributed by atoms with Crippen LogP contribution >= 0.6 is 11.8 Å². The average Bonchev–Trinajstić information content (AvgIpc) is 2.52. The molecule has 1 fully saturated rings. The molecule has 7 heteroatoms. The molecular weight excluding hydrogens is 332 g/mol. The van der Waals surface area contributed by atoms with Gasteiger partial charge in [-0.1, -0.05) is 24.1 Å². The van der Waals surface area contributed by atoms with Crippen molar-refractivity contribution in [2.75, 3.05) is 25.1 Å². The van der Waals surface area contributed by atoms with Gasteiger partial charge in [-0.25, -0.2) is 8.42 Å². The van der Waals surface area contributed by atoms with Crippen molar-refractivity contribution in [3.63, 3.8) is 0 Å². The fourth-order valence-electron chi connectivity index (χ4n) is 2.66. The van der Waals surface area contributed by atoms with Crippen molar-refractivity contribution >= 4 is 27.7 Å². The van der Waals surface area contributed by atoms with E-state index in [4.69, 9.17) is 0 Å². The topological polar surface area (TPSA) is 66.5 Å². The molecule has 1 heterocycles. The van der Waals surface area contributed by atoms with Gasteiger partial charge in [0.2, 0.25) is 15.9 Å². The van der Waals surface area contributed by atoms with Gasteiger partial charge in [-0.2, -0.15) is 4.31 Å². The van der Waals surface area contributed by atoms with Gasteiger partial charge in [0.05, 0.1) is 6.26 Å². The first-order valence-corrected chi connectivity index (χ1v) is 10.7. The minimum atomic E-state index is -3.33. The van der Waals surface area contributed by atoms with Gasteiger partial charge in [-0.05, 0) is 31.9 Å². The number of carbonyl (C=O) groups excluding carboxylic acids is 1. The minimum absolute atomic E-state index is 0.181. The summed E-state index contributed by atoms with van der Waals surface area (Å²) in [6, 6.07) is 7.70. The molecule has 1 N–H and O–H groups in total. The third kappa shape index (κ3) is 5.51. The maximum atomic E-state index is 12.3. The standard InChI is InChI=1S/C16H24N2O3S2/c1-13-6-8-14(9-7-13)22-12-10-17-16(19)15-5-3-4-11-18(15)23(2,20)21/h6-9,15H,3-5,10-12H2,1-2H3,(H,17,19). The molecule has 0 spiro atoms. The summed E-state index contributed by atoms with van der Waals surface area (Å²) in [6.07, 6.45) is 3.48. The Labute approximate surface area is 142 Å². The van der Waals surface area contributed by atoms with Gasteiger partial charge in [-0.15, -0.1) is 11.8 Å². The Kier molecular flexibility index (Phi) is 6.50. The number of carbonyl (C=O) groups is 1. The fourth-order valence-corrected chi connectivity index (χ4v) is 4.55. The second kappa shape index (κ2) is 8.17. The molecule has 0 aromatic heterocycles. The number of sulfonamides is 1. The molecule has 23 heavy (non-hydrogen) atoms. The summed E-state index contributed by atoms with van der Waals surface area (Å²) in [5, 5.41) is 2.87. The molecule has 1 amide bonds. The first-order valence-electron chi connectivity index (χ1n) is 7.82. The Morgan fingerprint density at radius 1 is 1.30 bits per heavy atom. The zero-order chi connectivity index (χ0) is 16.9. The molecule has 2 rings (SSSR count). The van der Waals surface area contributed by atoms with Gasteiger partial charge in [0.15, 0.2) is 0 Å². The molecule has 1 aliphatic rings. The third-order valence-corrected chi connectivity index (χ3v) is 6.18. The van der Waals surface area contributed by atoms with Crippen molar-refractivity contribution in [1.29, 1.82) is 0 Å². The zero-order valence-electron chi connectivity index (χ0n) is 13.6. The third-order valence-electron chi connectivity index (χ3n) is 3.87. The van der Waals surface area contributed by atoms with E-state index in [1.165, 1.54) is 21.0 Å². The summed E-state index contributed by atoms with van der Waals surface area (Å²) in [5.74, 6) is 0.583. The van der Waals surface area contributed by atoms with E-state index < -0.39 is 16.1 Å². The number of rotatable bonds is 6. The van der Waals surface area contributed by atoms with Crippen LogP contribution in [0.25, 0.3) is 0 Å². The number of aryl methyl sites for hydroxylation is 1. The number of hydrogen-bond donors (Lipinski definition) is 1. The van der Waals surface area contributed by atoms with E-state index in [1.807, 2.05) is 6.92 Å². The molecule has 1 saturated heterocycles. The Balaban J connectivity index is 1.80. The van der Waals surface area contributed by atoms with Gasteiger partial charge in [0, 0.05) is 23.7 Å². The van der Waals surface area contributed by atoms with Crippen LogP contribution in [0.2, 0.25) is 0 Å². The van der Waals surface area contributed by atoms with E-state index in [2.05, 4.69) is 29.6 Å². The Morgan fingerprint density at radius 3 is 2.65 bits per heavy atom. The van der Waals surface area contributed by atoms with E-state index in [0.29, 0.717) is 19.5 Å². The molecular formula is C16H24N2O3S2. The molecule has 1 atom stereocenters. The van der Waals surface area contributed by atoms with Crippen LogP contribution in [0.4, 0.5) is 0 Å². The number of nitrogens with one attached hydrogen (secondary N) is 1.